The molecule has 1 N–H and O–H groups in total. The number of halogens is 3. The van der Waals surface area contributed by atoms with Gasteiger partial charge in [0.2, 0.25) is 5.91 Å². The van der Waals surface area contributed by atoms with E-state index in [4.69, 9.17) is 0 Å². The predicted octanol–water partition coefficient (Wildman–Crippen LogP) is 2.53. The number of likely N-dealkylation sites (N-methyl/N-ethyl adjacent to an activating group) is 1. The Labute approximate surface area is 109 Å². The molecule has 1 fully saturated rings. The molecular weight excluding hydrogens is 257 g/mol. The number of anilines is 1. The molecule has 1 aromatic carbocycles. The van der Waals surface area contributed by atoms with Crippen LogP contribution in [0, 0.1) is 17.5 Å². The van der Waals surface area contributed by atoms with Crippen LogP contribution in [0.4, 0.5) is 18.9 Å². The van der Waals surface area contributed by atoms with Crippen molar-refractivity contribution in [3.05, 3.63) is 29.6 Å². The molecule has 1 saturated carbocycles. The molecule has 1 amide bonds. The molecule has 0 aliphatic heterocycles. The molecule has 1 aromatic rings. The number of rotatable bonds is 5. The molecule has 0 unspecified atom stereocenters. The Hall–Kier alpha value is -1.72. The zero-order valence-corrected chi connectivity index (χ0v) is 10.5. The molecule has 0 saturated heterocycles. The van der Waals surface area contributed by atoms with Crippen molar-refractivity contribution >= 4 is 11.6 Å². The summed E-state index contributed by atoms with van der Waals surface area (Å²) in [5, 5.41) is 2.51. The van der Waals surface area contributed by atoms with Gasteiger partial charge < -0.3 is 10.2 Å². The molecule has 0 atom stereocenters. The minimum absolute atomic E-state index is 0.133. The Kier molecular flexibility index (Phi) is 3.97. The fourth-order valence-electron chi connectivity index (χ4n) is 1.95. The zero-order valence-electron chi connectivity index (χ0n) is 10.5. The average Bonchev–Trinajstić information content (AvgIpc) is 3.17. The highest BCUT2D eigenvalue weighted by Crippen LogP contribution is 2.26. The highest BCUT2D eigenvalue weighted by atomic mass is 19.2. The predicted molar refractivity (Wildman–Crippen MR) is 65.2 cm³/mol. The standard InChI is InChI=1S/C13H15F3N2O/c1-2-18(8-3-4-8)13(19)7-17-12-6-10(15)9(14)5-11(12)16/h5-6,8,17H,2-4,7H2,1H3. The van der Waals surface area contributed by atoms with Crippen molar-refractivity contribution in [1.29, 1.82) is 0 Å². The monoisotopic (exact) mass is 272 g/mol. The van der Waals surface area contributed by atoms with E-state index in [2.05, 4.69) is 5.32 Å². The summed E-state index contributed by atoms with van der Waals surface area (Å²) in [6.07, 6.45) is 1.97. The molecule has 1 aliphatic carbocycles. The van der Waals surface area contributed by atoms with Crippen LogP contribution in [0.1, 0.15) is 19.8 Å². The molecule has 6 heteroatoms. The van der Waals surface area contributed by atoms with Crippen molar-refractivity contribution in [2.45, 2.75) is 25.8 Å². The number of amides is 1. The topological polar surface area (TPSA) is 32.3 Å². The van der Waals surface area contributed by atoms with Crippen molar-refractivity contribution in [3.8, 4) is 0 Å². The van der Waals surface area contributed by atoms with Crippen molar-refractivity contribution in [1.82, 2.24) is 4.90 Å². The quantitative estimate of drug-likeness (QED) is 0.835. The molecule has 0 heterocycles. The van der Waals surface area contributed by atoms with Gasteiger partial charge >= 0.3 is 0 Å². The Morgan fingerprint density at radius 3 is 2.47 bits per heavy atom. The fraction of sp³-hybridized carbons (Fsp3) is 0.462. The summed E-state index contributed by atoms with van der Waals surface area (Å²) >= 11 is 0. The summed E-state index contributed by atoms with van der Waals surface area (Å²) < 4.78 is 39.0. The lowest BCUT2D eigenvalue weighted by Gasteiger charge is -2.20. The van der Waals surface area contributed by atoms with E-state index in [0.717, 1.165) is 12.8 Å². The number of hydrogen-bond donors (Lipinski definition) is 1. The lowest BCUT2D eigenvalue weighted by molar-refractivity contribution is -0.129. The van der Waals surface area contributed by atoms with Crippen LogP contribution in [0.5, 0.6) is 0 Å². The van der Waals surface area contributed by atoms with Crippen LogP contribution in [0.15, 0.2) is 12.1 Å². The van der Waals surface area contributed by atoms with Crippen molar-refractivity contribution in [3.63, 3.8) is 0 Å². The zero-order chi connectivity index (χ0) is 14.0. The van der Waals surface area contributed by atoms with Crippen molar-refractivity contribution in [2.24, 2.45) is 0 Å². The smallest absolute Gasteiger partial charge is 0.242 e. The third kappa shape index (κ3) is 3.19. The van der Waals surface area contributed by atoms with Crippen molar-refractivity contribution in [2.75, 3.05) is 18.4 Å². The van der Waals surface area contributed by atoms with E-state index in [0.29, 0.717) is 18.7 Å². The van der Waals surface area contributed by atoms with Crippen LogP contribution < -0.4 is 5.32 Å². The van der Waals surface area contributed by atoms with E-state index in [9.17, 15) is 18.0 Å². The SMILES string of the molecule is CCN(C(=O)CNc1cc(F)c(F)cc1F)C1CC1. The Bertz CT molecular complexity index is 489. The lowest BCUT2D eigenvalue weighted by atomic mass is 10.2. The Morgan fingerprint density at radius 1 is 1.26 bits per heavy atom. The number of carbonyl (C=O) groups is 1. The Morgan fingerprint density at radius 2 is 1.89 bits per heavy atom. The van der Waals surface area contributed by atoms with Gasteiger partial charge in [0.25, 0.3) is 0 Å². The first-order chi connectivity index (χ1) is 9.02. The lowest BCUT2D eigenvalue weighted by Crippen LogP contribution is -2.37. The van der Waals surface area contributed by atoms with Gasteiger partial charge in [-0.05, 0) is 19.8 Å². The van der Waals surface area contributed by atoms with Gasteiger partial charge in [-0.15, -0.1) is 0 Å². The van der Waals surface area contributed by atoms with Crippen LogP contribution in [0.25, 0.3) is 0 Å². The second kappa shape index (κ2) is 5.50. The minimum Gasteiger partial charge on any atom is -0.374 e. The number of nitrogens with zero attached hydrogens (tertiary/aromatic N) is 1. The van der Waals surface area contributed by atoms with Gasteiger partial charge in [-0.3, -0.25) is 4.79 Å². The largest absolute Gasteiger partial charge is 0.374 e. The van der Waals surface area contributed by atoms with Crippen LogP contribution in [0.2, 0.25) is 0 Å². The van der Waals surface area contributed by atoms with E-state index >= 15 is 0 Å². The molecule has 0 radical (unpaired) electrons. The van der Waals surface area contributed by atoms with Gasteiger partial charge in [-0.2, -0.15) is 0 Å². The number of nitrogens with one attached hydrogen (secondary N) is 1. The maximum Gasteiger partial charge on any atom is 0.242 e. The molecule has 104 valence electrons. The average molecular weight is 272 g/mol. The van der Waals surface area contributed by atoms with Crippen molar-refractivity contribution < 1.29 is 18.0 Å². The first-order valence-corrected chi connectivity index (χ1v) is 6.20. The van der Waals surface area contributed by atoms with Gasteiger partial charge in [0.15, 0.2) is 11.6 Å². The minimum atomic E-state index is -1.25. The van der Waals surface area contributed by atoms with E-state index in [1.165, 1.54) is 0 Å². The highest BCUT2D eigenvalue weighted by Gasteiger charge is 2.31. The molecule has 19 heavy (non-hydrogen) atoms. The number of carbonyl (C=O) groups excluding carboxylic acids is 1. The number of hydrogen-bond acceptors (Lipinski definition) is 2. The molecule has 3 nitrogen and oxygen atoms in total. The van der Waals surface area contributed by atoms with Gasteiger partial charge in [-0.25, -0.2) is 13.2 Å². The summed E-state index contributed by atoms with van der Waals surface area (Å²) in [6, 6.07) is 1.44. The van der Waals surface area contributed by atoms with Crippen LogP contribution >= 0.6 is 0 Å². The van der Waals surface area contributed by atoms with Gasteiger partial charge in [-0.1, -0.05) is 0 Å². The third-order valence-electron chi connectivity index (χ3n) is 3.09. The summed E-state index contributed by atoms with van der Waals surface area (Å²) in [6.45, 7) is 2.33. The highest BCUT2D eigenvalue weighted by molar-refractivity contribution is 5.81. The Balaban J connectivity index is 1.98. The first kappa shape index (κ1) is 13.7. The van der Waals surface area contributed by atoms with E-state index in [1.54, 1.807) is 4.90 Å². The molecule has 0 bridgehead atoms. The molecule has 0 spiro atoms. The molecule has 0 aromatic heterocycles. The van der Waals surface area contributed by atoms with Crippen LogP contribution in [-0.2, 0) is 4.79 Å². The van der Waals surface area contributed by atoms with E-state index < -0.39 is 17.5 Å². The normalized spacial score (nSPS) is 14.3. The summed E-state index contributed by atoms with van der Waals surface area (Å²) in [5.41, 5.74) is -0.209. The van der Waals surface area contributed by atoms with E-state index in [1.807, 2.05) is 6.92 Å². The maximum atomic E-state index is 13.3. The van der Waals surface area contributed by atoms with Gasteiger partial charge in [0.05, 0.1) is 12.2 Å². The fourth-order valence-corrected chi connectivity index (χ4v) is 1.95. The third-order valence-corrected chi connectivity index (χ3v) is 3.09. The van der Waals surface area contributed by atoms with E-state index in [-0.39, 0.29) is 24.2 Å². The maximum absolute atomic E-state index is 13.3. The second-order valence-electron chi connectivity index (χ2n) is 4.51. The summed E-state index contributed by atoms with van der Waals surface area (Å²) in [5.74, 6) is -3.48. The van der Waals surface area contributed by atoms with Gasteiger partial charge in [0, 0.05) is 24.7 Å². The summed E-state index contributed by atoms with van der Waals surface area (Å²) in [7, 11) is 0. The second-order valence-corrected chi connectivity index (χ2v) is 4.51. The molecule has 2 rings (SSSR count). The summed E-state index contributed by atoms with van der Waals surface area (Å²) in [4.78, 5) is 13.6. The van der Waals surface area contributed by atoms with Gasteiger partial charge in [0.1, 0.15) is 5.82 Å². The number of benzene rings is 1. The van der Waals surface area contributed by atoms with Crippen LogP contribution in [-0.4, -0.2) is 29.9 Å². The first-order valence-electron chi connectivity index (χ1n) is 6.20. The molecule has 1 aliphatic rings. The van der Waals surface area contributed by atoms with Crippen LogP contribution in [0.3, 0.4) is 0 Å². The molecular formula is C13H15F3N2O.